The first-order chi connectivity index (χ1) is 10.2. The van der Waals surface area contributed by atoms with E-state index in [9.17, 15) is 4.79 Å². The summed E-state index contributed by atoms with van der Waals surface area (Å²) in [4.78, 5) is 14.6. The molecule has 118 valence electrons. The van der Waals surface area contributed by atoms with Crippen LogP contribution in [-0.4, -0.2) is 43.3 Å². The van der Waals surface area contributed by atoms with Crippen LogP contribution in [-0.2, 0) is 4.74 Å². The van der Waals surface area contributed by atoms with Crippen LogP contribution in [0.25, 0.3) is 0 Å². The van der Waals surface area contributed by atoms with Crippen molar-refractivity contribution in [1.82, 2.24) is 10.2 Å². The maximum atomic E-state index is 12.5. The predicted octanol–water partition coefficient (Wildman–Crippen LogP) is 2.92. The Morgan fingerprint density at radius 1 is 1.05 bits per heavy atom. The summed E-state index contributed by atoms with van der Waals surface area (Å²) in [5.41, 5.74) is 0.853. The van der Waals surface area contributed by atoms with Crippen LogP contribution in [0, 0.1) is 10.8 Å². The molecule has 2 spiro atoms. The SMILES string of the molecule is O=C(NC1CC12CCOCC2)N1CCC2(CCCCC2)C1. The molecule has 1 atom stereocenters. The molecule has 2 aliphatic heterocycles. The molecular formula is C17H28N2O2. The number of likely N-dealkylation sites (tertiary alicyclic amines) is 1. The average molecular weight is 292 g/mol. The van der Waals surface area contributed by atoms with Gasteiger partial charge in [0.1, 0.15) is 0 Å². The molecule has 2 aliphatic carbocycles. The first kappa shape index (κ1) is 13.9. The monoisotopic (exact) mass is 292 g/mol. The van der Waals surface area contributed by atoms with Gasteiger partial charge in [-0.25, -0.2) is 4.79 Å². The van der Waals surface area contributed by atoms with Crippen LogP contribution in [0.5, 0.6) is 0 Å². The van der Waals surface area contributed by atoms with E-state index in [1.54, 1.807) is 0 Å². The van der Waals surface area contributed by atoms with Crippen molar-refractivity contribution >= 4 is 6.03 Å². The van der Waals surface area contributed by atoms with Crippen LogP contribution in [0.2, 0.25) is 0 Å². The van der Waals surface area contributed by atoms with E-state index >= 15 is 0 Å². The molecule has 4 fully saturated rings. The van der Waals surface area contributed by atoms with Crippen LogP contribution >= 0.6 is 0 Å². The van der Waals surface area contributed by atoms with Gasteiger partial charge >= 0.3 is 6.03 Å². The summed E-state index contributed by atoms with van der Waals surface area (Å²) in [5.74, 6) is 0. The number of nitrogens with zero attached hydrogens (tertiary/aromatic N) is 1. The van der Waals surface area contributed by atoms with E-state index in [4.69, 9.17) is 4.74 Å². The third-order valence-corrected chi connectivity index (χ3v) is 6.62. The first-order valence-corrected chi connectivity index (χ1v) is 8.85. The molecule has 1 unspecified atom stereocenters. The molecule has 4 nitrogen and oxygen atoms in total. The summed E-state index contributed by atoms with van der Waals surface area (Å²) >= 11 is 0. The van der Waals surface area contributed by atoms with Gasteiger partial charge in [-0.2, -0.15) is 0 Å². The number of ether oxygens (including phenoxy) is 1. The lowest BCUT2D eigenvalue weighted by Crippen LogP contribution is -2.43. The number of hydrogen-bond donors (Lipinski definition) is 1. The van der Waals surface area contributed by atoms with Crippen molar-refractivity contribution in [3.63, 3.8) is 0 Å². The summed E-state index contributed by atoms with van der Waals surface area (Å²) < 4.78 is 5.45. The zero-order valence-electron chi connectivity index (χ0n) is 13.0. The van der Waals surface area contributed by atoms with Crippen LogP contribution in [0.1, 0.15) is 57.8 Å². The summed E-state index contributed by atoms with van der Waals surface area (Å²) in [5, 5.41) is 3.31. The van der Waals surface area contributed by atoms with E-state index in [1.165, 1.54) is 44.9 Å². The Kier molecular flexibility index (Phi) is 3.40. The standard InChI is InChI=1S/C17H28N2O2/c20-15(18-14-12-17(14)7-10-21-11-8-17)19-9-6-16(13-19)4-2-1-3-5-16/h14H,1-13H2,(H,18,20). The second-order valence-electron chi connectivity index (χ2n) is 7.91. The number of rotatable bonds is 1. The lowest BCUT2D eigenvalue weighted by Gasteiger charge is -2.33. The maximum Gasteiger partial charge on any atom is 0.317 e. The van der Waals surface area contributed by atoms with Gasteiger partial charge in [-0.3, -0.25) is 0 Å². The molecule has 2 heterocycles. The van der Waals surface area contributed by atoms with Crippen LogP contribution in [0.15, 0.2) is 0 Å². The lowest BCUT2D eigenvalue weighted by molar-refractivity contribution is 0.0544. The summed E-state index contributed by atoms with van der Waals surface area (Å²) in [7, 11) is 0. The second kappa shape index (κ2) is 5.15. The minimum Gasteiger partial charge on any atom is -0.381 e. The molecule has 0 aromatic heterocycles. The van der Waals surface area contributed by atoms with E-state index in [1.807, 2.05) is 0 Å². The fraction of sp³-hybridized carbons (Fsp3) is 0.941. The van der Waals surface area contributed by atoms with E-state index < -0.39 is 0 Å². The Bertz CT molecular complexity index is 411. The third kappa shape index (κ3) is 2.56. The average Bonchev–Trinajstić information content (AvgIpc) is 2.97. The van der Waals surface area contributed by atoms with Crippen LogP contribution in [0.3, 0.4) is 0 Å². The highest BCUT2D eigenvalue weighted by molar-refractivity contribution is 5.75. The Morgan fingerprint density at radius 3 is 2.57 bits per heavy atom. The van der Waals surface area contributed by atoms with Gasteiger partial charge in [-0.05, 0) is 49.4 Å². The number of urea groups is 1. The minimum atomic E-state index is 0.200. The Morgan fingerprint density at radius 2 is 1.81 bits per heavy atom. The zero-order valence-corrected chi connectivity index (χ0v) is 13.0. The Balaban J connectivity index is 1.30. The van der Waals surface area contributed by atoms with Gasteiger partial charge in [0.2, 0.25) is 0 Å². The van der Waals surface area contributed by atoms with Gasteiger partial charge in [-0.1, -0.05) is 19.3 Å². The van der Waals surface area contributed by atoms with Gasteiger partial charge < -0.3 is 15.0 Å². The van der Waals surface area contributed by atoms with Gasteiger partial charge in [0.05, 0.1) is 0 Å². The minimum absolute atomic E-state index is 0.200. The van der Waals surface area contributed by atoms with Crippen molar-refractivity contribution in [2.45, 2.75) is 63.8 Å². The molecule has 4 aliphatic rings. The van der Waals surface area contributed by atoms with Crippen LogP contribution < -0.4 is 5.32 Å². The topological polar surface area (TPSA) is 41.6 Å². The molecule has 1 N–H and O–H groups in total. The fourth-order valence-electron chi connectivity index (χ4n) is 4.94. The Hall–Kier alpha value is -0.770. The van der Waals surface area contributed by atoms with E-state index in [-0.39, 0.29) is 6.03 Å². The molecule has 2 amide bonds. The maximum absolute atomic E-state index is 12.5. The van der Waals surface area contributed by atoms with Crippen molar-refractivity contribution in [3.05, 3.63) is 0 Å². The van der Waals surface area contributed by atoms with Crippen molar-refractivity contribution in [2.75, 3.05) is 26.3 Å². The number of amides is 2. The number of hydrogen-bond acceptors (Lipinski definition) is 2. The molecule has 2 saturated heterocycles. The van der Waals surface area contributed by atoms with Gasteiger partial charge in [0, 0.05) is 32.3 Å². The summed E-state index contributed by atoms with van der Waals surface area (Å²) in [6.07, 6.45) is 11.4. The number of carbonyl (C=O) groups is 1. The van der Waals surface area contributed by atoms with Gasteiger partial charge in [0.25, 0.3) is 0 Å². The molecule has 4 heteroatoms. The van der Waals surface area contributed by atoms with Crippen molar-refractivity contribution in [1.29, 1.82) is 0 Å². The highest BCUT2D eigenvalue weighted by Gasteiger charge is 2.55. The summed E-state index contributed by atoms with van der Waals surface area (Å²) in [6, 6.07) is 0.614. The molecule has 2 saturated carbocycles. The van der Waals surface area contributed by atoms with Gasteiger partial charge in [-0.15, -0.1) is 0 Å². The number of nitrogens with one attached hydrogen (secondary N) is 1. The third-order valence-electron chi connectivity index (χ3n) is 6.62. The summed E-state index contributed by atoms with van der Waals surface area (Å²) in [6.45, 7) is 3.72. The van der Waals surface area contributed by atoms with Crippen LogP contribution in [0.4, 0.5) is 4.79 Å². The number of carbonyl (C=O) groups excluding carboxylic acids is 1. The van der Waals surface area contributed by atoms with E-state index in [2.05, 4.69) is 10.2 Å². The lowest BCUT2D eigenvalue weighted by atomic mass is 9.73. The smallest absolute Gasteiger partial charge is 0.317 e. The largest absolute Gasteiger partial charge is 0.381 e. The predicted molar refractivity (Wildman–Crippen MR) is 81.1 cm³/mol. The molecular weight excluding hydrogens is 264 g/mol. The molecule has 0 aromatic rings. The zero-order chi connectivity index (χ0) is 14.3. The normalized spacial score (nSPS) is 33.3. The molecule has 0 aromatic carbocycles. The molecule has 21 heavy (non-hydrogen) atoms. The van der Waals surface area contributed by atoms with Crippen molar-refractivity contribution < 1.29 is 9.53 Å². The first-order valence-electron chi connectivity index (χ1n) is 8.85. The molecule has 0 radical (unpaired) electrons. The fourth-order valence-corrected chi connectivity index (χ4v) is 4.94. The Labute approximate surface area is 127 Å². The molecule has 4 rings (SSSR count). The van der Waals surface area contributed by atoms with E-state index in [0.717, 1.165) is 39.1 Å². The quantitative estimate of drug-likeness (QED) is 0.807. The highest BCUT2D eigenvalue weighted by Crippen LogP contribution is 2.53. The molecule has 0 bridgehead atoms. The van der Waals surface area contributed by atoms with Gasteiger partial charge in [0.15, 0.2) is 0 Å². The second-order valence-corrected chi connectivity index (χ2v) is 7.91. The van der Waals surface area contributed by atoms with Crippen molar-refractivity contribution in [3.8, 4) is 0 Å². The van der Waals surface area contributed by atoms with E-state index in [0.29, 0.717) is 16.9 Å². The highest BCUT2D eigenvalue weighted by atomic mass is 16.5. The van der Waals surface area contributed by atoms with Crippen molar-refractivity contribution in [2.24, 2.45) is 10.8 Å².